The fourth-order valence-electron chi connectivity index (χ4n) is 4.12. The van der Waals surface area contributed by atoms with Gasteiger partial charge in [-0.1, -0.05) is 35.3 Å². The predicted octanol–water partition coefficient (Wildman–Crippen LogP) is 5.26. The third kappa shape index (κ3) is 5.47. The number of aromatic amines is 1. The number of benzene rings is 1. The van der Waals surface area contributed by atoms with Crippen LogP contribution in [0.1, 0.15) is 59.3 Å². The summed E-state index contributed by atoms with van der Waals surface area (Å²) < 4.78 is 5.42. The van der Waals surface area contributed by atoms with Crippen LogP contribution in [0.5, 0.6) is 0 Å². The van der Waals surface area contributed by atoms with Gasteiger partial charge in [0.2, 0.25) is 0 Å². The van der Waals surface area contributed by atoms with Crippen LogP contribution in [0, 0.1) is 0 Å². The molecule has 4 rings (SSSR count). The van der Waals surface area contributed by atoms with E-state index >= 15 is 0 Å². The first kappa shape index (κ1) is 25.5. The monoisotopic (exact) mass is 520 g/mol. The summed E-state index contributed by atoms with van der Waals surface area (Å²) in [5.41, 5.74) is 1.61. The Morgan fingerprint density at radius 3 is 2.57 bits per heavy atom. The number of aliphatic hydroxyl groups excluding tert-OH is 1. The Bertz CT molecular complexity index is 1250. The van der Waals surface area contributed by atoms with Crippen LogP contribution in [0.15, 0.2) is 18.2 Å². The maximum Gasteiger partial charge on any atom is 0.408 e. The van der Waals surface area contributed by atoms with E-state index < -0.39 is 23.3 Å². The Labute approximate surface area is 214 Å². The molecule has 1 aliphatic heterocycles. The van der Waals surface area contributed by atoms with Crippen molar-refractivity contribution in [3.8, 4) is 11.3 Å². The predicted molar refractivity (Wildman–Crippen MR) is 137 cm³/mol. The highest BCUT2D eigenvalue weighted by atomic mass is 35.5. The molecule has 1 fully saturated rings. The third-order valence-electron chi connectivity index (χ3n) is 5.97. The van der Waals surface area contributed by atoms with Crippen molar-refractivity contribution in [1.82, 2.24) is 25.5 Å². The highest BCUT2D eigenvalue weighted by Crippen LogP contribution is 2.37. The molecule has 1 atom stereocenters. The summed E-state index contributed by atoms with van der Waals surface area (Å²) in [6, 6.07) is 5.30. The number of halogens is 2. The Kier molecular flexibility index (Phi) is 6.87. The van der Waals surface area contributed by atoms with Gasteiger partial charge in [-0.3, -0.25) is 5.10 Å². The minimum absolute atomic E-state index is 0.375. The van der Waals surface area contributed by atoms with Crippen molar-refractivity contribution in [2.45, 2.75) is 64.7 Å². The number of fused-ring (bicyclic) bond motifs is 1. The standard InChI is InChI=1S/C24H30Cl2N6O3/c1-13(33)17-21(32-11-9-24(5,10-12-32)29-22(34)35-23(2,3)4)28-20-19(27-17)18(30-31-20)14-7-6-8-15(25)16(14)26/h6-8,13,33H,9-12H2,1-5H3,(H,29,34)(H,28,30,31). The molecule has 3 heterocycles. The summed E-state index contributed by atoms with van der Waals surface area (Å²) in [4.78, 5) is 23.9. The summed E-state index contributed by atoms with van der Waals surface area (Å²) in [7, 11) is 0. The molecule has 188 valence electrons. The van der Waals surface area contributed by atoms with Gasteiger partial charge in [-0.15, -0.1) is 0 Å². The number of nitrogens with one attached hydrogen (secondary N) is 2. The van der Waals surface area contributed by atoms with Crippen molar-refractivity contribution < 1.29 is 14.6 Å². The molecule has 0 spiro atoms. The van der Waals surface area contributed by atoms with Crippen LogP contribution < -0.4 is 10.2 Å². The number of carbonyl (C=O) groups excluding carboxylic acids is 1. The largest absolute Gasteiger partial charge is 0.444 e. The zero-order valence-corrected chi connectivity index (χ0v) is 22.0. The van der Waals surface area contributed by atoms with E-state index in [2.05, 4.69) is 20.4 Å². The maximum atomic E-state index is 12.3. The van der Waals surface area contributed by atoms with E-state index in [9.17, 15) is 9.90 Å². The quantitative estimate of drug-likeness (QED) is 0.429. The summed E-state index contributed by atoms with van der Waals surface area (Å²) in [6.45, 7) is 10.4. The second-order valence-corrected chi connectivity index (χ2v) is 10.9. The number of piperidine rings is 1. The number of nitrogens with zero attached hydrogens (tertiary/aromatic N) is 4. The molecule has 1 aromatic carbocycles. The fraction of sp³-hybridized carbons (Fsp3) is 0.500. The molecule has 0 radical (unpaired) electrons. The Balaban J connectivity index is 1.60. The highest BCUT2D eigenvalue weighted by molar-refractivity contribution is 6.43. The van der Waals surface area contributed by atoms with Gasteiger partial charge in [-0.25, -0.2) is 14.8 Å². The van der Waals surface area contributed by atoms with Gasteiger partial charge in [0.25, 0.3) is 0 Å². The van der Waals surface area contributed by atoms with Crippen LogP contribution in [0.4, 0.5) is 10.6 Å². The maximum absolute atomic E-state index is 12.3. The molecule has 1 unspecified atom stereocenters. The summed E-state index contributed by atoms with van der Waals surface area (Å²) in [5.74, 6) is 0.583. The summed E-state index contributed by atoms with van der Waals surface area (Å²) in [5, 5.41) is 21.7. The van der Waals surface area contributed by atoms with Gasteiger partial charge in [0, 0.05) is 24.2 Å². The van der Waals surface area contributed by atoms with E-state index in [1.54, 1.807) is 19.1 Å². The van der Waals surface area contributed by atoms with Crippen LogP contribution in [-0.4, -0.2) is 55.6 Å². The lowest BCUT2D eigenvalue weighted by Gasteiger charge is -2.41. The number of rotatable bonds is 4. The molecule has 1 aliphatic rings. The molecule has 1 amide bonds. The number of hydrogen-bond acceptors (Lipinski definition) is 7. The Hall–Kier alpha value is -2.62. The second-order valence-electron chi connectivity index (χ2n) is 10.2. The first-order valence-electron chi connectivity index (χ1n) is 11.5. The summed E-state index contributed by atoms with van der Waals surface area (Å²) in [6.07, 6.45) is 0.0754. The van der Waals surface area contributed by atoms with E-state index in [0.29, 0.717) is 69.9 Å². The van der Waals surface area contributed by atoms with Gasteiger partial charge in [-0.05, 0) is 53.5 Å². The van der Waals surface area contributed by atoms with Gasteiger partial charge in [0.05, 0.1) is 16.1 Å². The number of amides is 1. The first-order chi connectivity index (χ1) is 16.4. The van der Waals surface area contributed by atoms with E-state index in [-0.39, 0.29) is 0 Å². The second kappa shape index (κ2) is 9.44. The van der Waals surface area contributed by atoms with Crippen molar-refractivity contribution in [3.63, 3.8) is 0 Å². The SMILES string of the molecule is CC(O)c1nc2c(-c3cccc(Cl)c3Cl)n[nH]c2nc1N1CCC(C)(NC(=O)OC(C)(C)C)CC1. The van der Waals surface area contributed by atoms with Crippen molar-refractivity contribution >= 4 is 46.3 Å². The highest BCUT2D eigenvalue weighted by Gasteiger charge is 2.35. The fourth-order valence-corrected chi connectivity index (χ4v) is 4.51. The molecule has 2 aromatic heterocycles. The lowest BCUT2D eigenvalue weighted by atomic mass is 9.89. The number of aliphatic hydroxyl groups is 1. The minimum Gasteiger partial charge on any atom is -0.444 e. The summed E-state index contributed by atoms with van der Waals surface area (Å²) >= 11 is 12.6. The number of anilines is 1. The van der Waals surface area contributed by atoms with Gasteiger partial charge in [0.1, 0.15) is 22.5 Å². The Morgan fingerprint density at radius 1 is 1.26 bits per heavy atom. The molecular weight excluding hydrogens is 491 g/mol. The van der Waals surface area contributed by atoms with Gasteiger partial charge in [-0.2, -0.15) is 5.10 Å². The molecular formula is C24H30Cl2N6O3. The normalized spacial score (nSPS) is 16.9. The van der Waals surface area contributed by atoms with Crippen molar-refractivity contribution in [1.29, 1.82) is 0 Å². The average molecular weight is 521 g/mol. The van der Waals surface area contributed by atoms with E-state index in [4.69, 9.17) is 37.9 Å². The van der Waals surface area contributed by atoms with Crippen molar-refractivity contribution in [3.05, 3.63) is 33.9 Å². The average Bonchev–Trinajstić information content (AvgIpc) is 3.16. The number of alkyl carbamates (subject to hydrolysis) is 1. The van der Waals surface area contributed by atoms with Crippen molar-refractivity contribution in [2.24, 2.45) is 0 Å². The smallest absolute Gasteiger partial charge is 0.408 e. The van der Waals surface area contributed by atoms with E-state index in [0.717, 1.165) is 0 Å². The van der Waals surface area contributed by atoms with Gasteiger partial charge >= 0.3 is 6.09 Å². The number of hydrogen-bond donors (Lipinski definition) is 3. The Morgan fingerprint density at radius 2 is 1.94 bits per heavy atom. The van der Waals surface area contributed by atoms with Gasteiger partial charge in [0.15, 0.2) is 11.5 Å². The molecule has 0 saturated carbocycles. The number of ether oxygens (including phenoxy) is 1. The lowest BCUT2D eigenvalue weighted by molar-refractivity contribution is 0.0448. The van der Waals surface area contributed by atoms with Crippen LogP contribution in [0.3, 0.4) is 0 Å². The molecule has 3 N–H and O–H groups in total. The first-order valence-corrected chi connectivity index (χ1v) is 12.3. The number of carbonyl (C=O) groups is 1. The zero-order chi connectivity index (χ0) is 25.5. The van der Waals surface area contributed by atoms with Crippen LogP contribution in [-0.2, 0) is 4.74 Å². The molecule has 9 nitrogen and oxygen atoms in total. The molecule has 0 aliphatic carbocycles. The van der Waals surface area contributed by atoms with E-state index in [1.165, 1.54) is 0 Å². The molecule has 1 saturated heterocycles. The van der Waals surface area contributed by atoms with Crippen molar-refractivity contribution in [2.75, 3.05) is 18.0 Å². The molecule has 3 aromatic rings. The lowest BCUT2D eigenvalue weighted by Crippen LogP contribution is -2.54. The van der Waals surface area contributed by atoms with E-state index in [1.807, 2.05) is 33.8 Å². The third-order valence-corrected chi connectivity index (χ3v) is 6.79. The zero-order valence-electron chi connectivity index (χ0n) is 20.4. The van der Waals surface area contributed by atoms with Crippen LogP contribution in [0.2, 0.25) is 10.0 Å². The number of H-pyrrole nitrogens is 1. The van der Waals surface area contributed by atoms with Crippen LogP contribution in [0.25, 0.3) is 22.4 Å². The number of aromatic nitrogens is 4. The van der Waals surface area contributed by atoms with Gasteiger partial charge < -0.3 is 20.1 Å². The topological polar surface area (TPSA) is 116 Å². The van der Waals surface area contributed by atoms with Crippen LogP contribution >= 0.6 is 23.2 Å². The molecule has 11 heteroatoms. The molecule has 35 heavy (non-hydrogen) atoms. The minimum atomic E-state index is -0.854. The molecule has 0 bridgehead atoms.